The minimum atomic E-state index is -0.513. The molecule has 0 aromatic carbocycles. The predicted molar refractivity (Wildman–Crippen MR) is 72.4 cm³/mol. The molecule has 1 fully saturated rings. The lowest BCUT2D eigenvalue weighted by molar-refractivity contribution is -0.126. The number of nitrogens with zero attached hydrogens (tertiary/aromatic N) is 2. The smallest absolute Gasteiger partial charge is 0.292 e. The fraction of sp³-hybridized carbons (Fsp3) is 0.615. The molecule has 110 valence electrons. The lowest BCUT2D eigenvalue weighted by Gasteiger charge is -2.34. The van der Waals surface area contributed by atoms with Crippen LogP contribution in [0.4, 0.5) is 0 Å². The first kappa shape index (κ1) is 14.5. The molecule has 2 heterocycles. The summed E-state index contributed by atoms with van der Waals surface area (Å²) in [5, 5.41) is 5.88. The van der Waals surface area contributed by atoms with Crippen molar-refractivity contribution in [1.82, 2.24) is 20.5 Å². The third-order valence-corrected chi connectivity index (χ3v) is 3.26. The number of piperazine rings is 1. The first-order valence-corrected chi connectivity index (χ1v) is 6.78. The molecule has 1 aromatic heterocycles. The van der Waals surface area contributed by atoms with Crippen LogP contribution in [0.15, 0.2) is 4.42 Å². The fourth-order valence-corrected chi connectivity index (χ4v) is 2.33. The summed E-state index contributed by atoms with van der Waals surface area (Å²) >= 11 is 0. The van der Waals surface area contributed by atoms with Crippen molar-refractivity contribution in [3.8, 4) is 0 Å². The third kappa shape index (κ3) is 2.82. The number of aromatic nitrogens is 1. The second-order valence-electron chi connectivity index (χ2n) is 4.76. The van der Waals surface area contributed by atoms with Crippen molar-refractivity contribution in [2.75, 3.05) is 26.2 Å². The number of rotatable bonds is 3. The molecular weight excluding hydrogens is 260 g/mol. The zero-order valence-electron chi connectivity index (χ0n) is 12.0. The van der Waals surface area contributed by atoms with Crippen LogP contribution in [0.25, 0.3) is 0 Å². The molecule has 2 rings (SSSR count). The molecule has 2 N–H and O–H groups in total. The molecule has 20 heavy (non-hydrogen) atoms. The number of carbonyl (C=O) groups is 2. The van der Waals surface area contributed by atoms with E-state index >= 15 is 0 Å². The molecule has 0 aliphatic carbocycles. The van der Waals surface area contributed by atoms with Gasteiger partial charge in [-0.2, -0.15) is 0 Å². The van der Waals surface area contributed by atoms with E-state index in [1.54, 1.807) is 18.7 Å². The Kier molecular flexibility index (Phi) is 4.39. The minimum absolute atomic E-state index is 0.151. The van der Waals surface area contributed by atoms with E-state index in [1.807, 2.05) is 6.92 Å². The van der Waals surface area contributed by atoms with Gasteiger partial charge in [0.15, 0.2) is 5.89 Å². The zero-order valence-corrected chi connectivity index (χ0v) is 12.0. The maximum atomic E-state index is 12.5. The monoisotopic (exact) mass is 280 g/mol. The summed E-state index contributed by atoms with van der Waals surface area (Å²) in [7, 11) is 0. The number of aryl methyl sites for hydroxylation is 2. The van der Waals surface area contributed by atoms with Crippen LogP contribution in [0, 0.1) is 13.8 Å². The van der Waals surface area contributed by atoms with E-state index in [0.717, 1.165) is 0 Å². The first-order chi connectivity index (χ1) is 9.54. The van der Waals surface area contributed by atoms with Crippen LogP contribution in [-0.4, -0.2) is 53.9 Å². The molecule has 0 radical (unpaired) electrons. The Balaban J connectivity index is 2.21. The highest BCUT2D eigenvalue weighted by Gasteiger charge is 2.34. The van der Waals surface area contributed by atoms with Crippen molar-refractivity contribution in [2.24, 2.45) is 0 Å². The largest absolute Gasteiger partial charge is 0.436 e. The first-order valence-electron chi connectivity index (χ1n) is 6.78. The fourth-order valence-electron chi connectivity index (χ4n) is 2.33. The van der Waals surface area contributed by atoms with Gasteiger partial charge >= 0.3 is 0 Å². The summed E-state index contributed by atoms with van der Waals surface area (Å²) in [5.41, 5.74) is 0.556. The molecule has 1 atom stereocenters. The highest BCUT2D eigenvalue weighted by Crippen LogP contribution is 2.15. The minimum Gasteiger partial charge on any atom is -0.436 e. The Morgan fingerprint density at radius 1 is 1.50 bits per heavy atom. The number of carbonyl (C=O) groups excluding carboxylic acids is 2. The van der Waals surface area contributed by atoms with Crippen LogP contribution < -0.4 is 10.6 Å². The number of hydrogen-bond donors (Lipinski definition) is 2. The van der Waals surface area contributed by atoms with Gasteiger partial charge in [0.25, 0.3) is 5.91 Å². The SMILES string of the molecule is CCNC(=O)C1CNCCN1C(=O)c1oc(C)nc1C. The van der Waals surface area contributed by atoms with Gasteiger partial charge in [-0.15, -0.1) is 0 Å². The Bertz CT molecular complexity index is 512. The van der Waals surface area contributed by atoms with Crippen LogP contribution in [0.5, 0.6) is 0 Å². The average molecular weight is 280 g/mol. The van der Waals surface area contributed by atoms with E-state index in [4.69, 9.17) is 4.42 Å². The summed E-state index contributed by atoms with van der Waals surface area (Å²) < 4.78 is 5.36. The number of nitrogens with one attached hydrogen (secondary N) is 2. The average Bonchev–Trinajstić information content (AvgIpc) is 2.77. The van der Waals surface area contributed by atoms with Gasteiger partial charge in [0.1, 0.15) is 6.04 Å². The Hall–Kier alpha value is -1.89. The number of likely N-dealkylation sites (N-methyl/N-ethyl adjacent to an activating group) is 1. The molecule has 7 nitrogen and oxygen atoms in total. The molecule has 0 saturated carbocycles. The summed E-state index contributed by atoms with van der Waals surface area (Å²) in [4.78, 5) is 30.2. The van der Waals surface area contributed by atoms with Gasteiger partial charge < -0.3 is 20.0 Å². The normalized spacial score (nSPS) is 18.9. The molecule has 7 heteroatoms. The quantitative estimate of drug-likeness (QED) is 0.803. The van der Waals surface area contributed by atoms with Crippen molar-refractivity contribution in [2.45, 2.75) is 26.8 Å². The second-order valence-corrected chi connectivity index (χ2v) is 4.76. The Labute approximate surface area is 117 Å². The highest BCUT2D eigenvalue weighted by molar-refractivity contribution is 5.96. The van der Waals surface area contributed by atoms with Crippen molar-refractivity contribution < 1.29 is 14.0 Å². The zero-order chi connectivity index (χ0) is 14.7. The molecule has 0 spiro atoms. The summed E-state index contributed by atoms with van der Waals surface area (Å²) in [5.74, 6) is 0.247. The highest BCUT2D eigenvalue weighted by atomic mass is 16.4. The van der Waals surface area contributed by atoms with E-state index in [9.17, 15) is 9.59 Å². The molecule has 1 aliphatic rings. The van der Waals surface area contributed by atoms with Gasteiger partial charge in [-0.3, -0.25) is 9.59 Å². The summed E-state index contributed by atoms with van der Waals surface area (Å²) in [6.45, 7) is 7.40. The van der Waals surface area contributed by atoms with Crippen LogP contribution in [0.1, 0.15) is 29.1 Å². The number of oxazole rings is 1. The molecule has 1 aliphatic heterocycles. The molecule has 1 saturated heterocycles. The van der Waals surface area contributed by atoms with Gasteiger partial charge in [0.05, 0.1) is 5.69 Å². The van der Waals surface area contributed by atoms with E-state index < -0.39 is 6.04 Å². The van der Waals surface area contributed by atoms with E-state index in [2.05, 4.69) is 15.6 Å². The van der Waals surface area contributed by atoms with E-state index in [1.165, 1.54) is 0 Å². The summed E-state index contributed by atoms with van der Waals surface area (Å²) in [6.07, 6.45) is 0. The maximum Gasteiger partial charge on any atom is 0.292 e. The standard InChI is InChI=1S/C13H20N4O3/c1-4-15-12(18)10-7-14-5-6-17(10)13(19)11-8(2)16-9(3)20-11/h10,14H,4-7H2,1-3H3,(H,15,18). The molecule has 2 amide bonds. The van der Waals surface area contributed by atoms with E-state index in [0.29, 0.717) is 37.8 Å². The molecule has 1 unspecified atom stereocenters. The van der Waals surface area contributed by atoms with Crippen LogP contribution in [0.2, 0.25) is 0 Å². The maximum absolute atomic E-state index is 12.5. The van der Waals surface area contributed by atoms with Crippen LogP contribution in [0.3, 0.4) is 0 Å². The molecule has 0 bridgehead atoms. The lowest BCUT2D eigenvalue weighted by atomic mass is 10.1. The van der Waals surface area contributed by atoms with Gasteiger partial charge in [-0.25, -0.2) is 4.98 Å². The van der Waals surface area contributed by atoms with Gasteiger partial charge in [-0.1, -0.05) is 0 Å². The topological polar surface area (TPSA) is 87.5 Å². The predicted octanol–water partition coefficient (Wildman–Crippen LogP) is -0.158. The molecular formula is C13H20N4O3. The number of amides is 2. The van der Waals surface area contributed by atoms with Crippen molar-refractivity contribution >= 4 is 11.8 Å². The Morgan fingerprint density at radius 2 is 2.25 bits per heavy atom. The third-order valence-electron chi connectivity index (χ3n) is 3.26. The van der Waals surface area contributed by atoms with Crippen molar-refractivity contribution in [3.63, 3.8) is 0 Å². The van der Waals surface area contributed by atoms with Gasteiger partial charge in [0, 0.05) is 33.1 Å². The molecule has 1 aromatic rings. The van der Waals surface area contributed by atoms with Crippen molar-refractivity contribution in [1.29, 1.82) is 0 Å². The van der Waals surface area contributed by atoms with Crippen molar-refractivity contribution in [3.05, 3.63) is 17.3 Å². The number of hydrogen-bond acceptors (Lipinski definition) is 5. The van der Waals surface area contributed by atoms with Gasteiger partial charge in [0.2, 0.25) is 11.7 Å². The summed E-state index contributed by atoms with van der Waals surface area (Å²) in [6, 6.07) is -0.513. The Morgan fingerprint density at radius 3 is 2.85 bits per heavy atom. The van der Waals surface area contributed by atoms with Gasteiger partial charge in [-0.05, 0) is 13.8 Å². The van der Waals surface area contributed by atoms with Crippen LogP contribution in [-0.2, 0) is 4.79 Å². The second kappa shape index (κ2) is 6.04. The van der Waals surface area contributed by atoms with Crippen LogP contribution >= 0.6 is 0 Å². The lowest BCUT2D eigenvalue weighted by Crippen LogP contribution is -2.59. The van der Waals surface area contributed by atoms with E-state index in [-0.39, 0.29) is 17.6 Å².